The van der Waals surface area contributed by atoms with E-state index in [0.29, 0.717) is 11.0 Å². The van der Waals surface area contributed by atoms with Crippen molar-refractivity contribution in [3.63, 3.8) is 0 Å². The summed E-state index contributed by atoms with van der Waals surface area (Å²) in [4.78, 5) is 10.9. The van der Waals surface area contributed by atoms with Gasteiger partial charge in [0.1, 0.15) is 16.8 Å². The Morgan fingerprint density at radius 3 is 2.67 bits per heavy atom. The quantitative estimate of drug-likeness (QED) is 0.796. The first-order chi connectivity index (χ1) is 8.39. The first-order valence-electron chi connectivity index (χ1n) is 6.37. The summed E-state index contributed by atoms with van der Waals surface area (Å²) >= 11 is 6.11. The molecule has 100 valence electrons. The van der Waals surface area contributed by atoms with Gasteiger partial charge in [0.15, 0.2) is 0 Å². The van der Waals surface area contributed by atoms with Crippen LogP contribution in [0.1, 0.15) is 37.6 Å². The van der Waals surface area contributed by atoms with E-state index in [2.05, 4.69) is 14.9 Å². The van der Waals surface area contributed by atoms with Crippen molar-refractivity contribution in [2.75, 3.05) is 18.0 Å². The second-order valence-corrected chi connectivity index (χ2v) is 5.71. The van der Waals surface area contributed by atoms with Gasteiger partial charge in [-0.05, 0) is 40.0 Å². The molecule has 1 unspecified atom stereocenters. The van der Waals surface area contributed by atoms with E-state index in [1.54, 1.807) is 0 Å². The zero-order chi connectivity index (χ0) is 13.3. The lowest BCUT2D eigenvalue weighted by Crippen LogP contribution is -2.29. The highest BCUT2D eigenvalue weighted by Crippen LogP contribution is 2.28. The lowest BCUT2D eigenvalue weighted by atomic mass is 9.98. The third kappa shape index (κ3) is 2.93. The predicted octanol–water partition coefficient (Wildman–Crippen LogP) is 2.49. The first-order valence-corrected chi connectivity index (χ1v) is 6.75. The Kier molecular flexibility index (Phi) is 3.78. The Morgan fingerprint density at radius 1 is 1.22 bits per heavy atom. The van der Waals surface area contributed by atoms with Crippen LogP contribution < -0.4 is 4.90 Å². The van der Waals surface area contributed by atoms with Gasteiger partial charge in [-0.25, -0.2) is 9.97 Å². The molecule has 0 amide bonds. The molecule has 2 heterocycles. The summed E-state index contributed by atoms with van der Waals surface area (Å²) in [6.07, 6.45) is 2.56. The van der Waals surface area contributed by atoms with E-state index < -0.39 is 5.60 Å². The zero-order valence-corrected chi connectivity index (χ0v) is 12.0. The van der Waals surface area contributed by atoms with E-state index in [0.717, 1.165) is 43.7 Å². The maximum atomic E-state index is 10.1. The number of hydrogen-bond acceptors (Lipinski definition) is 4. The van der Waals surface area contributed by atoms with Crippen LogP contribution >= 0.6 is 11.6 Å². The van der Waals surface area contributed by atoms with Gasteiger partial charge in [-0.15, -0.1) is 0 Å². The average Bonchev–Trinajstić information content (AvgIpc) is 2.45. The van der Waals surface area contributed by atoms with Crippen molar-refractivity contribution in [1.82, 2.24) is 9.97 Å². The molecular formula is C13H20ClN3O. The van der Waals surface area contributed by atoms with Gasteiger partial charge >= 0.3 is 0 Å². The number of anilines is 1. The van der Waals surface area contributed by atoms with Crippen LogP contribution in [0.25, 0.3) is 0 Å². The molecule has 1 saturated heterocycles. The summed E-state index contributed by atoms with van der Waals surface area (Å²) in [6.45, 7) is 7.41. The van der Waals surface area contributed by atoms with E-state index in [9.17, 15) is 5.11 Å². The number of hydrogen-bond donors (Lipinski definition) is 1. The summed E-state index contributed by atoms with van der Waals surface area (Å²) in [6, 6.07) is 0. The highest BCUT2D eigenvalue weighted by atomic mass is 35.5. The van der Waals surface area contributed by atoms with E-state index in [1.165, 1.54) is 0 Å². The lowest BCUT2D eigenvalue weighted by Gasteiger charge is -2.25. The molecule has 2 rings (SSSR count). The third-order valence-electron chi connectivity index (χ3n) is 3.54. The van der Waals surface area contributed by atoms with Crippen LogP contribution in [0.4, 0.5) is 5.82 Å². The molecule has 1 aliphatic heterocycles. The monoisotopic (exact) mass is 269 g/mol. The molecule has 18 heavy (non-hydrogen) atoms. The number of aryl methyl sites for hydroxylation is 1. The van der Waals surface area contributed by atoms with Gasteiger partial charge in [-0.3, -0.25) is 0 Å². The maximum absolute atomic E-state index is 10.1. The average molecular weight is 270 g/mol. The van der Waals surface area contributed by atoms with Crippen LogP contribution in [-0.2, 0) is 0 Å². The maximum Gasteiger partial charge on any atom is 0.137 e. The largest absolute Gasteiger partial charge is 0.390 e. The summed E-state index contributed by atoms with van der Waals surface area (Å²) in [5.74, 6) is 1.60. The number of aliphatic hydroxyl groups is 1. The van der Waals surface area contributed by atoms with Gasteiger partial charge in [-0.1, -0.05) is 11.6 Å². The number of nitrogens with zero attached hydrogens (tertiary/aromatic N) is 3. The lowest BCUT2D eigenvalue weighted by molar-refractivity contribution is 0.0481. The zero-order valence-electron chi connectivity index (χ0n) is 11.2. The Bertz CT molecular complexity index is 448. The minimum Gasteiger partial charge on any atom is -0.390 e. The van der Waals surface area contributed by atoms with Gasteiger partial charge in [0, 0.05) is 18.7 Å². The second-order valence-electron chi connectivity index (χ2n) is 5.35. The van der Waals surface area contributed by atoms with Gasteiger partial charge in [0.25, 0.3) is 0 Å². The van der Waals surface area contributed by atoms with Gasteiger partial charge < -0.3 is 10.0 Å². The topological polar surface area (TPSA) is 49.2 Å². The van der Waals surface area contributed by atoms with Crippen LogP contribution in [0.15, 0.2) is 0 Å². The normalized spacial score (nSPS) is 25.1. The van der Waals surface area contributed by atoms with Gasteiger partial charge in [-0.2, -0.15) is 0 Å². The fraction of sp³-hybridized carbons (Fsp3) is 0.692. The first kappa shape index (κ1) is 13.6. The van der Waals surface area contributed by atoms with Crippen LogP contribution in [-0.4, -0.2) is 33.8 Å². The van der Waals surface area contributed by atoms with Crippen LogP contribution in [0, 0.1) is 13.8 Å². The van der Waals surface area contributed by atoms with Crippen molar-refractivity contribution >= 4 is 17.4 Å². The highest BCUT2D eigenvalue weighted by Gasteiger charge is 2.26. The minimum atomic E-state index is -0.561. The summed E-state index contributed by atoms with van der Waals surface area (Å²) in [5, 5.41) is 10.6. The number of aromatic nitrogens is 2. The molecule has 0 aliphatic carbocycles. The number of halogens is 1. The molecule has 1 aromatic heterocycles. The van der Waals surface area contributed by atoms with Crippen molar-refractivity contribution in [3.8, 4) is 0 Å². The van der Waals surface area contributed by atoms with E-state index in [4.69, 9.17) is 11.6 Å². The van der Waals surface area contributed by atoms with Crippen molar-refractivity contribution < 1.29 is 5.11 Å². The molecule has 4 nitrogen and oxygen atoms in total. The highest BCUT2D eigenvalue weighted by molar-refractivity contribution is 6.30. The fourth-order valence-electron chi connectivity index (χ4n) is 2.36. The SMILES string of the molecule is Cc1nc(Cl)c(C)c(N2CCCC(C)(O)CC2)n1. The molecule has 1 fully saturated rings. The molecule has 0 spiro atoms. The molecule has 1 aromatic rings. The van der Waals surface area contributed by atoms with Crippen LogP contribution in [0.2, 0.25) is 5.15 Å². The molecule has 0 saturated carbocycles. The summed E-state index contributed by atoms with van der Waals surface area (Å²) in [7, 11) is 0. The molecule has 1 N–H and O–H groups in total. The minimum absolute atomic E-state index is 0.522. The van der Waals surface area contributed by atoms with Crippen molar-refractivity contribution in [2.24, 2.45) is 0 Å². The van der Waals surface area contributed by atoms with Crippen LogP contribution in [0.5, 0.6) is 0 Å². The van der Waals surface area contributed by atoms with Gasteiger partial charge in [0.05, 0.1) is 5.60 Å². The Morgan fingerprint density at radius 2 is 1.94 bits per heavy atom. The molecule has 1 atom stereocenters. The molecule has 0 aromatic carbocycles. The Hall–Kier alpha value is -0.870. The molecule has 5 heteroatoms. The third-order valence-corrected chi connectivity index (χ3v) is 3.90. The predicted molar refractivity (Wildman–Crippen MR) is 73.2 cm³/mol. The summed E-state index contributed by atoms with van der Waals surface area (Å²) < 4.78 is 0. The summed E-state index contributed by atoms with van der Waals surface area (Å²) in [5.41, 5.74) is 0.359. The van der Waals surface area contributed by atoms with E-state index >= 15 is 0 Å². The molecule has 0 radical (unpaired) electrons. The molecule has 1 aliphatic rings. The van der Waals surface area contributed by atoms with Crippen molar-refractivity contribution in [2.45, 2.75) is 45.6 Å². The molecular weight excluding hydrogens is 250 g/mol. The molecule has 0 bridgehead atoms. The van der Waals surface area contributed by atoms with Gasteiger partial charge in [0.2, 0.25) is 0 Å². The number of rotatable bonds is 1. The smallest absolute Gasteiger partial charge is 0.137 e. The standard InChI is InChI=1S/C13H20ClN3O/c1-9-11(14)15-10(2)16-12(9)17-7-4-5-13(3,18)6-8-17/h18H,4-8H2,1-3H3. The Balaban J connectivity index is 2.26. The second kappa shape index (κ2) is 5.02. The van der Waals surface area contributed by atoms with Crippen molar-refractivity contribution in [3.05, 3.63) is 16.5 Å². The van der Waals surface area contributed by atoms with Crippen LogP contribution in [0.3, 0.4) is 0 Å². The van der Waals surface area contributed by atoms with E-state index in [1.807, 2.05) is 20.8 Å². The van der Waals surface area contributed by atoms with E-state index in [-0.39, 0.29) is 0 Å². The fourth-order valence-corrected chi connectivity index (χ4v) is 2.57. The van der Waals surface area contributed by atoms with Crippen molar-refractivity contribution in [1.29, 1.82) is 0 Å². The Labute approximate surface area is 113 Å².